The molecular formula is C21H27ClN4O3S2. The Bertz CT molecular complexity index is 929. The maximum Gasteiger partial charge on any atom is 0.322 e. The molecule has 0 N–H and O–H groups in total. The lowest BCUT2D eigenvalue weighted by Crippen LogP contribution is -2.41. The Kier molecular flexibility index (Phi) is 8.30. The van der Waals surface area contributed by atoms with Crippen molar-refractivity contribution in [2.24, 2.45) is 0 Å². The van der Waals surface area contributed by atoms with E-state index in [2.05, 4.69) is 18.9 Å². The van der Waals surface area contributed by atoms with Crippen LogP contribution in [0.5, 0.6) is 0 Å². The third kappa shape index (κ3) is 5.38. The maximum atomic E-state index is 13.5. The van der Waals surface area contributed by atoms with Gasteiger partial charge in [-0.2, -0.15) is 5.10 Å². The Balaban J connectivity index is 1.92. The Morgan fingerprint density at radius 2 is 1.94 bits per heavy atom. The van der Waals surface area contributed by atoms with Gasteiger partial charge in [0.1, 0.15) is 5.69 Å². The number of nitro groups is 1. The summed E-state index contributed by atoms with van der Waals surface area (Å²) >= 11 is 9.62. The van der Waals surface area contributed by atoms with Crippen LogP contribution in [-0.2, 0) is 6.54 Å². The molecular weight excluding hydrogens is 456 g/mol. The molecule has 1 saturated heterocycles. The van der Waals surface area contributed by atoms with Crippen LogP contribution in [0.3, 0.4) is 0 Å². The summed E-state index contributed by atoms with van der Waals surface area (Å²) in [5.74, 6) is 1.58. The summed E-state index contributed by atoms with van der Waals surface area (Å²) < 4.78 is 1.80. The number of carbonyl (C=O) groups excluding carboxylic acids is 1. The third-order valence-electron chi connectivity index (χ3n) is 5.34. The lowest BCUT2D eigenvalue weighted by Gasteiger charge is -2.30. The Morgan fingerprint density at radius 3 is 2.52 bits per heavy atom. The number of benzene rings is 1. The van der Waals surface area contributed by atoms with Crippen molar-refractivity contribution in [3.05, 3.63) is 56.4 Å². The molecule has 1 amide bonds. The van der Waals surface area contributed by atoms with Crippen LogP contribution in [0.25, 0.3) is 0 Å². The van der Waals surface area contributed by atoms with E-state index < -0.39 is 4.92 Å². The first-order chi connectivity index (χ1) is 14.9. The third-order valence-corrected chi connectivity index (χ3v) is 8.36. The van der Waals surface area contributed by atoms with E-state index in [4.69, 9.17) is 11.6 Å². The minimum atomic E-state index is -0.488. The van der Waals surface area contributed by atoms with Crippen LogP contribution in [0.4, 0.5) is 5.69 Å². The number of thioether (sulfide) groups is 2. The summed E-state index contributed by atoms with van der Waals surface area (Å²) in [5.41, 5.74) is 1.01. The number of halogens is 1. The highest BCUT2D eigenvalue weighted by atomic mass is 35.5. The molecule has 1 aliphatic rings. The molecule has 0 aliphatic carbocycles. The predicted octanol–water partition coefficient (Wildman–Crippen LogP) is 5.24. The second-order valence-electron chi connectivity index (χ2n) is 7.31. The van der Waals surface area contributed by atoms with Gasteiger partial charge in [0, 0.05) is 11.6 Å². The molecule has 7 nitrogen and oxygen atoms in total. The first kappa shape index (κ1) is 23.9. The molecule has 1 aromatic carbocycles. The summed E-state index contributed by atoms with van der Waals surface area (Å²) in [6, 6.07) is 7.29. The summed E-state index contributed by atoms with van der Waals surface area (Å²) in [7, 11) is 0. The van der Waals surface area contributed by atoms with Gasteiger partial charge in [-0.05, 0) is 49.0 Å². The normalized spacial score (nSPS) is 16.3. The highest BCUT2D eigenvalue weighted by molar-refractivity contribution is 8.17. The van der Waals surface area contributed by atoms with Gasteiger partial charge < -0.3 is 4.90 Å². The van der Waals surface area contributed by atoms with Crippen LogP contribution < -0.4 is 0 Å². The van der Waals surface area contributed by atoms with Gasteiger partial charge >= 0.3 is 5.69 Å². The van der Waals surface area contributed by atoms with Gasteiger partial charge in [0.2, 0.25) is 5.69 Å². The molecule has 0 bridgehead atoms. The van der Waals surface area contributed by atoms with Crippen LogP contribution in [0, 0.1) is 17.0 Å². The van der Waals surface area contributed by atoms with Crippen LogP contribution in [-0.4, -0.2) is 54.2 Å². The summed E-state index contributed by atoms with van der Waals surface area (Å²) in [4.78, 5) is 26.6. The first-order valence-electron chi connectivity index (χ1n) is 10.4. The highest BCUT2D eigenvalue weighted by Crippen LogP contribution is 2.36. The van der Waals surface area contributed by atoms with E-state index in [0.717, 1.165) is 29.9 Å². The minimum Gasteiger partial charge on any atom is -0.332 e. The Labute approximate surface area is 196 Å². The molecule has 0 saturated carbocycles. The molecule has 1 atom stereocenters. The Morgan fingerprint density at radius 1 is 1.29 bits per heavy atom. The molecule has 10 heteroatoms. The van der Waals surface area contributed by atoms with Crippen molar-refractivity contribution >= 4 is 46.7 Å². The SMILES string of the molecule is CCSC(SCC)[C@@H]1CCCN1C(=O)c1nn(Cc2ccc(Cl)cc2)c(C)c1[N+](=O)[O-]. The number of hydrogen-bond acceptors (Lipinski definition) is 6. The van der Waals surface area contributed by atoms with Gasteiger partial charge in [0.15, 0.2) is 0 Å². The molecule has 31 heavy (non-hydrogen) atoms. The zero-order valence-corrected chi connectivity index (χ0v) is 20.3. The van der Waals surface area contributed by atoms with E-state index in [0.29, 0.717) is 23.8 Å². The van der Waals surface area contributed by atoms with Crippen molar-refractivity contribution in [1.82, 2.24) is 14.7 Å². The minimum absolute atomic E-state index is 0.0590. The molecule has 2 heterocycles. The van der Waals surface area contributed by atoms with Crippen molar-refractivity contribution in [2.75, 3.05) is 18.1 Å². The van der Waals surface area contributed by atoms with Gasteiger partial charge in [0.05, 0.1) is 22.1 Å². The first-order valence-corrected chi connectivity index (χ1v) is 12.8. The average Bonchev–Trinajstić information content (AvgIpc) is 3.34. The zero-order valence-electron chi connectivity index (χ0n) is 17.9. The number of nitrogens with zero attached hydrogens (tertiary/aromatic N) is 4. The topological polar surface area (TPSA) is 81.3 Å². The smallest absolute Gasteiger partial charge is 0.322 e. The van der Waals surface area contributed by atoms with Gasteiger partial charge in [0.25, 0.3) is 5.91 Å². The van der Waals surface area contributed by atoms with Gasteiger partial charge in [-0.25, -0.2) is 0 Å². The lowest BCUT2D eigenvalue weighted by atomic mass is 10.2. The fraction of sp³-hybridized carbons (Fsp3) is 0.524. The standard InChI is InChI=1S/C21H27ClN4O3S2/c1-4-30-21(31-5-2)17-7-6-12-24(17)20(27)18-19(26(28)29)14(3)25(23-18)13-15-8-10-16(22)11-9-15/h8-11,17,21H,4-7,12-13H2,1-3H3/t17-/m0/s1. The number of rotatable bonds is 9. The van der Waals surface area contributed by atoms with E-state index in [-0.39, 0.29) is 27.9 Å². The number of amides is 1. The molecule has 2 aromatic rings. The van der Waals surface area contributed by atoms with Gasteiger partial charge in [-0.1, -0.05) is 37.6 Å². The zero-order chi connectivity index (χ0) is 22.5. The molecule has 1 aliphatic heterocycles. The number of carbonyl (C=O) groups is 1. The van der Waals surface area contributed by atoms with Gasteiger partial charge in [-0.15, -0.1) is 23.5 Å². The quantitative estimate of drug-likeness (QED) is 0.276. The fourth-order valence-corrected chi connectivity index (χ4v) is 6.87. The molecule has 168 valence electrons. The number of aromatic nitrogens is 2. The molecule has 1 fully saturated rings. The van der Waals surface area contributed by atoms with E-state index in [9.17, 15) is 14.9 Å². The molecule has 0 spiro atoms. The van der Waals surface area contributed by atoms with E-state index in [1.165, 1.54) is 0 Å². The number of hydrogen-bond donors (Lipinski definition) is 0. The maximum absolute atomic E-state index is 13.5. The second-order valence-corrected chi connectivity index (χ2v) is 10.9. The largest absolute Gasteiger partial charge is 0.332 e. The van der Waals surface area contributed by atoms with E-state index in [1.54, 1.807) is 28.6 Å². The van der Waals surface area contributed by atoms with Crippen LogP contribution >= 0.6 is 35.1 Å². The van der Waals surface area contributed by atoms with E-state index >= 15 is 0 Å². The molecule has 3 rings (SSSR count). The second kappa shape index (κ2) is 10.7. The monoisotopic (exact) mass is 482 g/mol. The lowest BCUT2D eigenvalue weighted by molar-refractivity contribution is -0.385. The average molecular weight is 483 g/mol. The van der Waals surface area contributed by atoms with Crippen LogP contribution in [0.2, 0.25) is 5.02 Å². The highest BCUT2D eigenvalue weighted by Gasteiger charge is 2.40. The summed E-state index contributed by atoms with van der Waals surface area (Å²) in [5, 5.41) is 16.9. The van der Waals surface area contributed by atoms with Gasteiger partial charge in [-0.3, -0.25) is 19.6 Å². The van der Waals surface area contributed by atoms with Crippen LogP contribution in [0.1, 0.15) is 48.4 Å². The van der Waals surface area contributed by atoms with Crippen molar-refractivity contribution in [1.29, 1.82) is 0 Å². The fourth-order valence-electron chi connectivity index (χ4n) is 3.88. The van der Waals surface area contributed by atoms with Crippen molar-refractivity contribution < 1.29 is 9.72 Å². The van der Waals surface area contributed by atoms with Crippen molar-refractivity contribution in [3.63, 3.8) is 0 Å². The Hall–Kier alpha value is -1.71. The molecule has 0 unspecified atom stereocenters. The molecule has 0 radical (unpaired) electrons. The van der Waals surface area contributed by atoms with Crippen LogP contribution in [0.15, 0.2) is 24.3 Å². The van der Waals surface area contributed by atoms with Crippen molar-refractivity contribution in [2.45, 2.75) is 50.8 Å². The number of likely N-dealkylation sites (tertiary alicyclic amines) is 1. The summed E-state index contributed by atoms with van der Waals surface area (Å²) in [6.45, 7) is 6.81. The predicted molar refractivity (Wildman–Crippen MR) is 128 cm³/mol. The summed E-state index contributed by atoms with van der Waals surface area (Å²) in [6.07, 6.45) is 1.81. The van der Waals surface area contributed by atoms with E-state index in [1.807, 2.05) is 35.7 Å². The molecule has 1 aromatic heterocycles. The van der Waals surface area contributed by atoms with Crippen molar-refractivity contribution in [3.8, 4) is 0 Å².